The van der Waals surface area contributed by atoms with E-state index in [9.17, 15) is 10.4 Å². The van der Waals surface area contributed by atoms with Crippen molar-refractivity contribution in [2.45, 2.75) is 49.6 Å². The minimum atomic E-state index is -0.638. The largest absolute Gasteiger partial charge is 0.497 e. The number of methoxy groups -OCH3 is 1. The van der Waals surface area contributed by atoms with E-state index in [1.54, 1.807) is 13.2 Å². The number of aliphatic imine (C=N–C) groups is 1. The maximum atomic E-state index is 10.5. The molecule has 0 radical (unpaired) electrons. The summed E-state index contributed by atoms with van der Waals surface area (Å²) in [7, 11) is 5.76. The molecule has 2 spiro atoms. The lowest BCUT2D eigenvalue weighted by atomic mass is 9.44. The van der Waals surface area contributed by atoms with Gasteiger partial charge in [0.1, 0.15) is 11.3 Å². The summed E-state index contributed by atoms with van der Waals surface area (Å²) >= 11 is 0. The van der Waals surface area contributed by atoms with Gasteiger partial charge in [-0.25, -0.2) is 4.99 Å². The van der Waals surface area contributed by atoms with E-state index < -0.39 is 10.9 Å². The number of aliphatic hydroxyl groups is 1. The van der Waals surface area contributed by atoms with E-state index in [0.717, 1.165) is 42.4 Å². The Kier molecular flexibility index (Phi) is 4.84. The van der Waals surface area contributed by atoms with Crippen LogP contribution in [-0.2, 0) is 16.7 Å². The van der Waals surface area contributed by atoms with E-state index in [-0.39, 0.29) is 23.5 Å². The number of amidine groups is 1. The maximum Gasteiger partial charge on any atom is 0.282 e. The fourth-order valence-electron chi connectivity index (χ4n) is 6.83. The lowest BCUT2D eigenvalue weighted by Gasteiger charge is -2.52. The van der Waals surface area contributed by atoms with Crippen LogP contribution in [0.3, 0.4) is 0 Å². The van der Waals surface area contributed by atoms with Crippen molar-refractivity contribution in [2.75, 3.05) is 7.11 Å². The van der Waals surface area contributed by atoms with E-state index in [1.165, 1.54) is 5.56 Å². The highest BCUT2D eigenvalue weighted by molar-refractivity contribution is 6.41. The van der Waals surface area contributed by atoms with Crippen LogP contribution < -0.4 is 10.5 Å². The molecule has 2 aromatic rings. The van der Waals surface area contributed by atoms with Crippen LogP contribution in [0.25, 0.3) is 11.1 Å². The molecule has 6 nitrogen and oxygen atoms in total. The van der Waals surface area contributed by atoms with Gasteiger partial charge in [0.2, 0.25) is 0 Å². The minimum absolute atomic E-state index is 0.175. The molecule has 1 heterocycles. The van der Waals surface area contributed by atoms with Crippen molar-refractivity contribution >= 4 is 21.7 Å². The standard InChI is InChI=1S/C25H29B2N3O3/c1-14-11-23(6-5-21(14)31)12-17-4-3-16(18-7-15(13-28)8-19(9-18)32-2)10-20(17)24(23)25(26,27)33-22(29)30-24/h3-4,7-10,14,21,31H,5-6,11-12,26-27H2,1-2H3,(H2,29,30)/t14-,21-,23-,24?/m1/s1. The average Bonchev–Trinajstić information content (AvgIpc) is 3.20. The number of benzene rings is 2. The molecule has 168 valence electrons. The minimum Gasteiger partial charge on any atom is -0.497 e. The van der Waals surface area contributed by atoms with Gasteiger partial charge in [-0.05, 0) is 78.1 Å². The van der Waals surface area contributed by atoms with Crippen LogP contribution in [0.2, 0.25) is 0 Å². The van der Waals surface area contributed by atoms with Crippen LogP contribution in [0.15, 0.2) is 41.4 Å². The molecule has 1 aliphatic heterocycles. The van der Waals surface area contributed by atoms with Crippen molar-refractivity contribution in [3.63, 3.8) is 0 Å². The van der Waals surface area contributed by atoms with Crippen molar-refractivity contribution in [2.24, 2.45) is 22.1 Å². The molecule has 3 N–H and O–H groups in total. The van der Waals surface area contributed by atoms with Gasteiger partial charge < -0.3 is 20.3 Å². The van der Waals surface area contributed by atoms with E-state index >= 15 is 0 Å². The van der Waals surface area contributed by atoms with Crippen LogP contribution in [0, 0.1) is 22.7 Å². The third-order valence-corrected chi connectivity index (χ3v) is 8.20. The lowest BCUT2D eigenvalue weighted by molar-refractivity contribution is -0.0406. The highest BCUT2D eigenvalue weighted by Crippen LogP contribution is 2.65. The Morgan fingerprint density at radius 2 is 2.03 bits per heavy atom. The van der Waals surface area contributed by atoms with Gasteiger partial charge in [0.25, 0.3) is 6.02 Å². The predicted octanol–water partition coefficient (Wildman–Crippen LogP) is 1.42. The highest BCUT2D eigenvalue weighted by atomic mass is 16.5. The van der Waals surface area contributed by atoms with Gasteiger partial charge in [-0.1, -0.05) is 19.1 Å². The maximum absolute atomic E-state index is 10.5. The second-order valence-electron chi connectivity index (χ2n) is 10.5. The summed E-state index contributed by atoms with van der Waals surface area (Å²) in [5.74, 6) is 0.825. The number of hydrogen-bond acceptors (Lipinski definition) is 6. The zero-order chi connectivity index (χ0) is 23.6. The Bertz CT molecular complexity index is 1210. The zero-order valence-electron chi connectivity index (χ0n) is 19.7. The molecule has 0 saturated heterocycles. The van der Waals surface area contributed by atoms with E-state index in [1.807, 2.05) is 12.1 Å². The summed E-state index contributed by atoms with van der Waals surface area (Å²) in [6.45, 7) is 2.13. The third kappa shape index (κ3) is 3.02. The number of nitrogens with two attached hydrogens (primary N) is 1. The molecule has 1 unspecified atom stereocenters. The lowest BCUT2D eigenvalue weighted by Crippen LogP contribution is -2.60. The Morgan fingerprint density at radius 1 is 1.24 bits per heavy atom. The first-order valence-electron chi connectivity index (χ1n) is 11.6. The molecule has 0 amide bonds. The van der Waals surface area contributed by atoms with Gasteiger partial charge in [0, 0.05) is 5.41 Å². The van der Waals surface area contributed by atoms with Gasteiger partial charge in [-0.2, -0.15) is 5.26 Å². The molecule has 5 rings (SSSR count). The molecule has 2 aliphatic carbocycles. The Morgan fingerprint density at radius 3 is 2.67 bits per heavy atom. The van der Waals surface area contributed by atoms with E-state index in [2.05, 4.69) is 46.9 Å². The molecule has 1 saturated carbocycles. The highest BCUT2D eigenvalue weighted by Gasteiger charge is 2.68. The van der Waals surface area contributed by atoms with Crippen LogP contribution in [0.1, 0.15) is 42.9 Å². The number of nitrogens with zero attached hydrogens (tertiary/aromatic N) is 2. The number of hydrogen-bond donors (Lipinski definition) is 2. The second-order valence-corrected chi connectivity index (χ2v) is 10.5. The quantitative estimate of drug-likeness (QED) is 0.687. The van der Waals surface area contributed by atoms with E-state index in [4.69, 9.17) is 20.2 Å². The first kappa shape index (κ1) is 21.9. The zero-order valence-corrected chi connectivity index (χ0v) is 19.7. The summed E-state index contributed by atoms with van der Waals surface area (Å²) in [5, 5.41) is 19.4. The van der Waals surface area contributed by atoms with Crippen molar-refractivity contribution in [1.29, 1.82) is 5.26 Å². The average molecular weight is 441 g/mol. The first-order chi connectivity index (χ1) is 15.6. The molecule has 8 heteroatoms. The summed E-state index contributed by atoms with van der Waals surface area (Å²) in [5.41, 5.74) is 10.3. The van der Waals surface area contributed by atoms with Crippen LogP contribution in [0.4, 0.5) is 0 Å². The molecule has 3 aliphatic rings. The molecule has 33 heavy (non-hydrogen) atoms. The van der Waals surface area contributed by atoms with Crippen LogP contribution in [-0.4, -0.2) is 45.4 Å². The van der Waals surface area contributed by atoms with Crippen molar-refractivity contribution in [1.82, 2.24) is 0 Å². The molecule has 0 aromatic heterocycles. The molecule has 1 fully saturated rings. The fraction of sp³-hybridized carbons (Fsp3) is 0.440. The fourth-order valence-corrected chi connectivity index (χ4v) is 6.83. The molecular formula is C25H29B2N3O3. The topological polar surface area (TPSA) is 101 Å². The third-order valence-electron chi connectivity index (χ3n) is 8.20. The van der Waals surface area contributed by atoms with Gasteiger partial charge in [0.15, 0.2) is 15.7 Å². The number of nitriles is 1. The Labute approximate surface area is 196 Å². The summed E-state index contributed by atoms with van der Waals surface area (Å²) in [6, 6.07) is 14.5. The van der Waals surface area contributed by atoms with Crippen molar-refractivity contribution in [3.8, 4) is 22.9 Å². The monoisotopic (exact) mass is 441 g/mol. The van der Waals surface area contributed by atoms with E-state index in [0.29, 0.717) is 11.3 Å². The number of aliphatic hydroxyl groups excluding tert-OH is 1. The molecule has 4 atom stereocenters. The predicted molar refractivity (Wildman–Crippen MR) is 133 cm³/mol. The molecule has 2 aromatic carbocycles. The van der Waals surface area contributed by atoms with Gasteiger partial charge >= 0.3 is 0 Å². The molecular weight excluding hydrogens is 412 g/mol. The first-order valence-corrected chi connectivity index (χ1v) is 11.6. The molecule has 0 bridgehead atoms. The Hall–Kier alpha value is -2.91. The Balaban J connectivity index is 1.71. The van der Waals surface area contributed by atoms with Crippen molar-refractivity contribution < 1.29 is 14.6 Å². The van der Waals surface area contributed by atoms with Gasteiger partial charge in [-0.15, -0.1) is 0 Å². The van der Waals surface area contributed by atoms with Crippen LogP contribution in [0.5, 0.6) is 5.75 Å². The normalized spacial score (nSPS) is 31.6. The van der Waals surface area contributed by atoms with Gasteiger partial charge in [0.05, 0.1) is 30.2 Å². The second kappa shape index (κ2) is 7.30. The van der Waals surface area contributed by atoms with Gasteiger partial charge in [-0.3, -0.25) is 0 Å². The van der Waals surface area contributed by atoms with Crippen molar-refractivity contribution in [3.05, 3.63) is 53.1 Å². The number of rotatable bonds is 2. The number of ether oxygens (including phenoxy) is 2. The number of fused-ring (bicyclic) bond motifs is 3. The van der Waals surface area contributed by atoms with Crippen LogP contribution >= 0.6 is 0 Å². The summed E-state index contributed by atoms with van der Waals surface area (Å²) in [6.07, 6.45) is 3.06. The smallest absolute Gasteiger partial charge is 0.282 e. The summed E-state index contributed by atoms with van der Waals surface area (Å²) in [4.78, 5) is 5.07. The summed E-state index contributed by atoms with van der Waals surface area (Å²) < 4.78 is 11.6. The SMILES string of the molecule is BC1(B)OC(N)=NC12c1cc(-c3cc(C#N)cc(OC)c3)ccc1C[C@]21CC[C@@H](O)[C@H](C)C1.